The maximum atomic E-state index is 14.4. The number of nitrogens with zero attached hydrogens (tertiary/aromatic N) is 2. The van der Waals surface area contributed by atoms with E-state index in [4.69, 9.17) is 9.47 Å². The van der Waals surface area contributed by atoms with Crippen LogP contribution in [0.15, 0.2) is 0 Å². The van der Waals surface area contributed by atoms with Crippen LogP contribution in [0.2, 0.25) is 0 Å². The van der Waals surface area contributed by atoms with Crippen LogP contribution in [0.4, 0.5) is 0 Å². The highest BCUT2D eigenvalue weighted by Crippen LogP contribution is 2.26. The molecule has 0 fully saturated rings. The van der Waals surface area contributed by atoms with Crippen LogP contribution < -0.4 is 0 Å². The van der Waals surface area contributed by atoms with E-state index in [1.54, 1.807) is 0 Å². The number of carbonyl (C=O) groups is 2. The fourth-order valence-electron chi connectivity index (χ4n) is 9.57. The summed E-state index contributed by atoms with van der Waals surface area (Å²) < 4.78 is 11.8. The predicted octanol–water partition coefficient (Wildman–Crippen LogP) is 16.4. The molecule has 5 unspecified atom stereocenters. The van der Waals surface area contributed by atoms with Crippen LogP contribution in [0, 0.1) is 17.8 Å². The van der Waals surface area contributed by atoms with E-state index in [-0.39, 0.29) is 11.9 Å². The average Bonchev–Trinajstić information content (AvgIpc) is 3.28. The Morgan fingerprint density at radius 3 is 1.39 bits per heavy atom. The molecule has 0 rings (SSSR count). The average molecular weight is 908 g/mol. The first-order valence-electron chi connectivity index (χ1n) is 28.6. The summed E-state index contributed by atoms with van der Waals surface area (Å²) in [6.45, 7) is 16.7. The molecule has 0 bridgehead atoms. The largest absolute Gasteiger partial charge is 0.465 e. The molecule has 382 valence electrons. The molecule has 7 heteroatoms. The molecule has 1 N–H and O–H groups in total. The molecule has 5 atom stereocenters. The van der Waals surface area contributed by atoms with Gasteiger partial charge in [0.2, 0.25) is 5.91 Å². The molecule has 0 aromatic heterocycles. The Morgan fingerprint density at radius 2 is 0.875 bits per heavy atom. The second-order valence-electron chi connectivity index (χ2n) is 20.5. The number of hydrogen-bond donors (Lipinski definition) is 1. The van der Waals surface area contributed by atoms with Gasteiger partial charge >= 0.3 is 5.97 Å². The third-order valence-electron chi connectivity index (χ3n) is 14.0. The Morgan fingerprint density at radius 1 is 0.453 bits per heavy atom. The summed E-state index contributed by atoms with van der Waals surface area (Å²) in [6, 6.07) is 0.317. The molecule has 0 radical (unpaired) electrons. The molecular weight excluding hydrogens is 793 g/mol. The van der Waals surface area contributed by atoms with E-state index in [9.17, 15) is 14.7 Å². The Hall–Kier alpha value is -1.18. The lowest BCUT2D eigenvalue weighted by Gasteiger charge is -2.35. The fraction of sp³-hybridized carbons (Fsp3) is 0.965. The van der Waals surface area contributed by atoms with Crippen molar-refractivity contribution in [2.75, 3.05) is 40.4 Å². The van der Waals surface area contributed by atoms with E-state index in [0.717, 1.165) is 96.6 Å². The molecule has 0 saturated carbocycles. The molecule has 0 saturated heterocycles. The van der Waals surface area contributed by atoms with Crippen molar-refractivity contribution in [3.8, 4) is 0 Å². The molecule has 64 heavy (non-hydrogen) atoms. The van der Waals surface area contributed by atoms with E-state index < -0.39 is 6.29 Å². The van der Waals surface area contributed by atoms with Gasteiger partial charge in [-0.15, -0.1) is 0 Å². The van der Waals surface area contributed by atoms with Crippen molar-refractivity contribution >= 4 is 11.9 Å². The molecule has 1 amide bonds. The van der Waals surface area contributed by atoms with Crippen LogP contribution in [0.3, 0.4) is 0 Å². The Kier molecular flexibility index (Phi) is 46.0. The predicted molar refractivity (Wildman–Crippen MR) is 277 cm³/mol. The van der Waals surface area contributed by atoms with Gasteiger partial charge in [0.05, 0.1) is 13.2 Å². The van der Waals surface area contributed by atoms with Gasteiger partial charge in [-0.1, -0.05) is 202 Å². The van der Waals surface area contributed by atoms with Gasteiger partial charge in [0.15, 0.2) is 6.29 Å². The number of amides is 1. The van der Waals surface area contributed by atoms with Crippen molar-refractivity contribution in [1.82, 2.24) is 9.80 Å². The molecular formula is C57H114N2O5. The van der Waals surface area contributed by atoms with E-state index in [2.05, 4.69) is 65.4 Å². The zero-order valence-electron chi connectivity index (χ0n) is 44.6. The first kappa shape index (κ1) is 62.8. The van der Waals surface area contributed by atoms with Crippen molar-refractivity contribution < 1.29 is 24.2 Å². The highest BCUT2D eigenvalue weighted by Gasteiger charge is 2.28. The van der Waals surface area contributed by atoms with Gasteiger partial charge in [0, 0.05) is 24.9 Å². The lowest BCUT2D eigenvalue weighted by atomic mass is 9.93. The monoisotopic (exact) mass is 907 g/mol. The maximum Gasteiger partial charge on any atom is 0.305 e. The second-order valence-corrected chi connectivity index (χ2v) is 20.5. The summed E-state index contributed by atoms with van der Waals surface area (Å²) in [4.78, 5) is 31.6. The maximum absolute atomic E-state index is 14.4. The van der Waals surface area contributed by atoms with Crippen molar-refractivity contribution in [1.29, 1.82) is 0 Å². The number of aliphatic hydroxyl groups is 1. The third-order valence-corrected chi connectivity index (χ3v) is 14.0. The van der Waals surface area contributed by atoms with E-state index in [1.165, 1.54) is 154 Å². The first-order chi connectivity index (χ1) is 31.2. The summed E-state index contributed by atoms with van der Waals surface area (Å²) in [5.41, 5.74) is 0. The summed E-state index contributed by atoms with van der Waals surface area (Å²) in [5.74, 6) is 1.66. The Balaban J connectivity index is 5.06. The summed E-state index contributed by atoms with van der Waals surface area (Å²) >= 11 is 0. The van der Waals surface area contributed by atoms with Gasteiger partial charge in [-0.2, -0.15) is 0 Å². The lowest BCUT2D eigenvalue weighted by molar-refractivity contribution is -0.145. The van der Waals surface area contributed by atoms with Gasteiger partial charge in [0.25, 0.3) is 0 Å². The molecule has 0 spiro atoms. The van der Waals surface area contributed by atoms with Gasteiger partial charge < -0.3 is 24.4 Å². The van der Waals surface area contributed by atoms with E-state index >= 15 is 0 Å². The first-order valence-corrected chi connectivity index (χ1v) is 28.6. The van der Waals surface area contributed by atoms with Crippen molar-refractivity contribution in [2.45, 2.75) is 298 Å². The molecule has 0 aliphatic rings. The SMILES string of the molecule is CCCCCCC(CCCC)COC(=O)CCCCCCCCC(CCCCCCCCC(O)OCC(CCCC)CCCCCC)N(CCCN(C)C)C(=O)C(CC)CCCCC. The summed E-state index contributed by atoms with van der Waals surface area (Å²) in [5, 5.41) is 10.6. The number of esters is 1. The Labute approximate surface area is 400 Å². The second kappa shape index (κ2) is 46.9. The zero-order valence-corrected chi connectivity index (χ0v) is 44.6. The number of aliphatic hydroxyl groups excluding tert-OH is 1. The summed E-state index contributed by atoms with van der Waals surface area (Å²) in [6.07, 6.45) is 43.1. The van der Waals surface area contributed by atoms with Crippen LogP contribution >= 0.6 is 0 Å². The van der Waals surface area contributed by atoms with Crippen molar-refractivity contribution in [3.63, 3.8) is 0 Å². The number of ether oxygens (including phenoxy) is 2. The normalized spacial score (nSPS) is 14.2. The summed E-state index contributed by atoms with van der Waals surface area (Å²) in [7, 11) is 4.28. The quantitative estimate of drug-likeness (QED) is 0.0372. The third kappa shape index (κ3) is 37.9. The van der Waals surface area contributed by atoms with Crippen LogP contribution in [0.1, 0.15) is 286 Å². The van der Waals surface area contributed by atoms with Crippen molar-refractivity contribution in [3.05, 3.63) is 0 Å². The van der Waals surface area contributed by atoms with Gasteiger partial charge in [0.1, 0.15) is 0 Å². The van der Waals surface area contributed by atoms with Gasteiger partial charge in [-0.3, -0.25) is 9.59 Å². The molecule has 0 aliphatic heterocycles. The van der Waals surface area contributed by atoms with E-state index in [0.29, 0.717) is 43.4 Å². The molecule has 0 heterocycles. The van der Waals surface area contributed by atoms with Crippen LogP contribution in [-0.4, -0.2) is 79.5 Å². The number of rotatable bonds is 50. The smallest absolute Gasteiger partial charge is 0.305 e. The highest BCUT2D eigenvalue weighted by molar-refractivity contribution is 5.79. The Bertz CT molecular complexity index is 993. The lowest BCUT2D eigenvalue weighted by Crippen LogP contribution is -2.45. The van der Waals surface area contributed by atoms with Crippen LogP contribution in [0.25, 0.3) is 0 Å². The van der Waals surface area contributed by atoms with Crippen molar-refractivity contribution in [2.24, 2.45) is 17.8 Å². The van der Waals surface area contributed by atoms with E-state index in [1.807, 2.05) is 0 Å². The van der Waals surface area contributed by atoms with Gasteiger partial charge in [-0.25, -0.2) is 0 Å². The highest BCUT2D eigenvalue weighted by atomic mass is 16.6. The van der Waals surface area contributed by atoms with Crippen LogP contribution in [0.5, 0.6) is 0 Å². The number of carbonyl (C=O) groups excluding carboxylic acids is 2. The minimum Gasteiger partial charge on any atom is -0.465 e. The van der Waals surface area contributed by atoms with Crippen LogP contribution in [-0.2, 0) is 19.1 Å². The zero-order chi connectivity index (χ0) is 47.3. The standard InChI is InChI=1S/C57H114N2O5/c1-9-15-20-31-40-51(38-18-12-4)49-63-55(60)45-35-28-24-22-26-33-43-54(59(48-37-47-58(7)8)57(62)53(14-6)42-30-17-11-3)44-34-27-23-25-29-36-46-56(61)64-50-52(39-19-13-5)41-32-21-16-10-2/h51-55,60H,9-50H2,1-8H3. The van der Waals surface area contributed by atoms with Gasteiger partial charge in [-0.05, 0) is 110 Å². The number of hydrogen-bond acceptors (Lipinski definition) is 6. The number of unbranched alkanes of at least 4 members (excludes halogenated alkanes) is 20. The fourth-order valence-corrected chi connectivity index (χ4v) is 9.57. The molecule has 0 aliphatic carbocycles. The molecule has 0 aromatic carbocycles. The molecule has 0 aromatic rings. The topological polar surface area (TPSA) is 79.3 Å². The molecule has 7 nitrogen and oxygen atoms in total. The minimum atomic E-state index is -0.628. The minimum absolute atomic E-state index is 0.00438.